The largest absolute Gasteiger partial charge is 0.377 e. The van der Waals surface area contributed by atoms with Crippen molar-refractivity contribution in [1.29, 1.82) is 0 Å². The number of aromatic amines is 1. The maximum absolute atomic E-state index is 11.1. The van der Waals surface area contributed by atoms with Crippen LogP contribution in [0, 0.1) is 0 Å². The Morgan fingerprint density at radius 3 is 3.07 bits per heavy atom. The highest BCUT2D eigenvalue weighted by molar-refractivity contribution is 5.55. The fourth-order valence-corrected chi connectivity index (χ4v) is 1.63. The maximum atomic E-state index is 11.1. The Morgan fingerprint density at radius 2 is 2.33 bits per heavy atom. The second-order valence-corrected chi connectivity index (χ2v) is 3.71. The van der Waals surface area contributed by atoms with Crippen molar-refractivity contribution >= 4 is 11.3 Å². The van der Waals surface area contributed by atoms with Gasteiger partial charge in [-0.1, -0.05) is 0 Å². The molecule has 3 heterocycles. The van der Waals surface area contributed by atoms with Gasteiger partial charge in [0, 0.05) is 24.4 Å². The van der Waals surface area contributed by atoms with E-state index in [0.29, 0.717) is 6.04 Å². The van der Waals surface area contributed by atoms with Crippen molar-refractivity contribution in [2.24, 2.45) is 0 Å². The zero-order valence-corrected chi connectivity index (χ0v) is 8.06. The molecule has 1 saturated heterocycles. The third-order valence-corrected chi connectivity index (χ3v) is 2.49. The Morgan fingerprint density at radius 1 is 1.47 bits per heavy atom. The number of hydrogen-bond acceptors (Lipinski definition) is 3. The lowest BCUT2D eigenvalue weighted by Crippen LogP contribution is -2.40. The molecule has 0 bridgehead atoms. The second-order valence-electron chi connectivity index (χ2n) is 3.71. The zero-order valence-electron chi connectivity index (χ0n) is 8.06. The van der Waals surface area contributed by atoms with Crippen LogP contribution in [0.5, 0.6) is 0 Å². The Bertz CT molecular complexity index is 539. The summed E-state index contributed by atoms with van der Waals surface area (Å²) in [6.45, 7) is 1.49. The van der Waals surface area contributed by atoms with Gasteiger partial charge in [-0.3, -0.25) is 14.4 Å². The van der Waals surface area contributed by atoms with Gasteiger partial charge in [0.25, 0.3) is 0 Å². The summed E-state index contributed by atoms with van der Waals surface area (Å²) in [5.41, 5.74) is 0.887. The fraction of sp³-hybridized carbons (Fsp3) is 0.300. The standard InChI is InChI=1S/C10H11N3O2/c14-9-1-2-13-8(3-9)4-10(12-13)11-7-5-15-6-7/h1-4,7,11-12H,5-6H2. The maximum Gasteiger partial charge on any atom is 0.182 e. The minimum atomic E-state index is 0.0209. The normalized spacial score (nSPS) is 16.5. The number of ether oxygens (including phenoxy) is 1. The minimum Gasteiger partial charge on any atom is -0.377 e. The lowest BCUT2D eigenvalue weighted by Gasteiger charge is -2.26. The first-order chi connectivity index (χ1) is 7.31. The van der Waals surface area contributed by atoms with Gasteiger partial charge in [-0.25, -0.2) is 0 Å². The molecule has 0 spiro atoms. The van der Waals surface area contributed by atoms with Gasteiger partial charge in [0.1, 0.15) is 5.82 Å². The Hall–Kier alpha value is -1.75. The highest BCUT2D eigenvalue weighted by Crippen LogP contribution is 2.12. The third kappa shape index (κ3) is 1.50. The molecule has 0 radical (unpaired) electrons. The van der Waals surface area contributed by atoms with E-state index in [-0.39, 0.29) is 5.43 Å². The summed E-state index contributed by atoms with van der Waals surface area (Å²) in [7, 11) is 0. The number of H-pyrrole nitrogens is 1. The average Bonchev–Trinajstić information content (AvgIpc) is 2.53. The molecule has 0 saturated carbocycles. The van der Waals surface area contributed by atoms with E-state index in [9.17, 15) is 4.79 Å². The number of pyridine rings is 1. The van der Waals surface area contributed by atoms with Gasteiger partial charge in [-0.05, 0) is 0 Å². The molecule has 2 aromatic rings. The number of aromatic nitrogens is 2. The van der Waals surface area contributed by atoms with Crippen LogP contribution in [0.1, 0.15) is 0 Å². The van der Waals surface area contributed by atoms with E-state index in [1.807, 2.05) is 10.6 Å². The van der Waals surface area contributed by atoms with Crippen molar-refractivity contribution in [3.05, 3.63) is 34.6 Å². The SMILES string of the molecule is O=c1ccn2[nH]c(NC3COC3)cc2c1. The minimum absolute atomic E-state index is 0.0209. The van der Waals surface area contributed by atoms with E-state index in [2.05, 4.69) is 10.4 Å². The summed E-state index contributed by atoms with van der Waals surface area (Å²) in [6, 6.07) is 5.42. The predicted molar refractivity (Wildman–Crippen MR) is 56.2 cm³/mol. The van der Waals surface area contributed by atoms with E-state index in [1.54, 1.807) is 12.3 Å². The quantitative estimate of drug-likeness (QED) is 0.747. The molecule has 0 unspecified atom stereocenters. The molecule has 5 nitrogen and oxygen atoms in total. The van der Waals surface area contributed by atoms with Crippen molar-refractivity contribution in [2.75, 3.05) is 18.5 Å². The Balaban J connectivity index is 1.94. The van der Waals surface area contributed by atoms with Crippen LogP contribution in [-0.2, 0) is 4.74 Å². The van der Waals surface area contributed by atoms with Crippen LogP contribution in [0.2, 0.25) is 0 Å². The van der Waals surface area contributed by atoms with Gasteiger partial charge in [0.15, 0.2) is 5.43 Å². The van der Waals surface area contributed by atoms with E-state index in [0.717, 1.165) is 24.5 Å². The van der Waals surface area contributed by atoms with Crippen LogP contribution in [0.4, 0.5) is 5.82 Å². The smallest absolute Gasteiger partial charge is 0.182 e. The van der Waals surface area contributed by atoms with Crippen LogP contribution in [0.3, 0.4) is 0 Å². The van der Waals surface area contributed by atoms with Gasteiger partial charge in [0.05, 0.1) is 24.8 Å². The first-order valence-electron chi connectivity index (χ1n) is 4.87. The molecule has 2 aromatic heterocycles. The third-order valence-electron chi connectivity index (χ3n) is 2.49. The lowest BCUT2D eigenvalue weighted by molar-refractivity contribution is 0.0209. The van der Waals surface area contributed by atoms with Crippen LogP contribution in [0.25, 0.3) is 5.52 Å². The topological polar surface area (TPSA) is 58.5 Å². The van der Waals surface area contributed by atoms with E-state index in [4.69, 9.17) is 4.74 Å². The number of nitrogens with one attached hydrogen (secondary N) is 2. The number of anilines is 1. The molecule has 2 N–H and O–H groups in total. The van der Waals surface area contributed by atoms with E-state index in [1.165, 1.54) is 6.07 Å². The highest BCUT2D eigenvalue weighted by Gasteiger charge is 2.18. The Labute approximate surface area is 85.7 Å². The number of fused-ring (bicyclic) bond motifs is 1. The lowest BCUT2D eigenvalue weighted by atomic mass is 10.2. The molecule has 0 amide bonds. The molecule has 78 valence electrons. The van der Waals surface area contributed by atoms with Gasteiger partial charge >= 0.3 is 0 Å². The van der Waals surface area contributed by atoms with Crippen molar-refractivity contribution in [3.63, 3.8) is 0 Å². The monoisotopic (exact) mass is 205 g/mol. The van der Waals surface area contributed by atoms with Crippen LogP contribution in [-0.4, -0.2) is 28.9 Å². The molecular weight excluding hydrogens is 194 g/mol. The summed E-state index contributed by atoms with van der Waals surface area (Å²) in [5, 5.41) is 6.42. The molecule has 0 atom stereocenters. The zero-order chi connectivity index (χ0) is 10.3. The molecule has 15 heavy (non-hydrogen) atoms. The van der Waals surface area contributed by atoms with Crippen molar-refractivity contribution < 1.29 is 4.74 Å². The molecule has 5 heteroatoms. The molecular formula is C10H11N3O2. The number of hydrogen-bond donors (Lipinski definition) is 2. The molecule has 1 aliphatic heterocycles. The van der Waals surface area contributed by atoms with Gasteiger partial charge in [0.2, 0.25) is 0 Å². The van der Waals surface area contributed by atoms with Crippen molar-refractivity contribution in [2.45, 2.75) is 6.04 Å². The fourth-order valence-electron chi connectivity index (χ4n) is 1.63. The summed E-state index contributed by atoms with van der Waals surface area (Å²) >= 11 is 0. The summed E-state index contributed by atoms with van der Waals surface area (Å²) < 4.78 is 6.88. The Kier molecular flexibility index (Phi) is 1.78. The van der Waals surface area contributed by atoms with Crippen LogP contribution < -0.4 is 10.7 Å². The first-order valence-corrected chi connectivity index (χ1v) is 4.87. The number of nitrogens with zero attached hydrogens (tertiary/aromatic N) is 1. The molecule has 1 aliphatic rings. The van der Waals surface area contributed by atoms with Crippen LogP contribution >= 0.6 is 0 Å². The second kappa shape index (κ2) is 3.13. The van der Waals surface area contributed by atoms with Crippen molar-refractivity contribution in [3.8, 4) is 0 Å². The van der Waals surface area contributed by atoms with E-state index >= 15 is 0 Å². The average molecular weight is 205 g/mol. The molecule has 0 aliphatic carbocycles. The molecule has 0 aromatic carbocycles. The highest BCUT2D eigenvalue weighted by atomic mass is 16.5. The summed E-state index contributed by atoms with van der Waals surface area (Å²) in [5.74, 6) is 0.911. The molecule has 1 fully saturated rings. The van der Waals surface area contributed by atoms with Gasteiger partial charge in [-0.2, -0.15) is 0 Å². The van der Waals surface area contributed by atoms with Gasteiger partial charge in [-0.15, -0.1) is 0 Å². The predicted octanol–water partition coefficient (Wildman–Crippen LogP) is 0.438. The molecule has 3 rings (SSSR count). The number of rotatable bonds is 2. The first kappa shape index (κ1) is 8.55. The van der Waals surface area contributed by atoms with Crippen LogP contribution in [0.15, 0.2) is 29.2 Å². The van der Waals surface area contributed by atoms with Crippen molar-refractivity contribution in [1.82, 2.24) is 9.61 Å². The summed E-state index contributed by atoms with van der Waals surface area (Å²) in [6.07, 6.45) is 1.72. The van der Waals surface area contributed by atoms with E-state index < -0.39 is 0 Å². The summed E-state index contributed by atoms with van der Waals surface area (Å²) in [4.78, 5) is 11.1. The van der Waals surface area contributed by atoms with Gasteiger partial charge < -0.3 is 10.1 Å².